The van der Waals surface area contributed by atoms with Gasteiger partial charge in [0.25, 0.3) is 15.9 Å². The van der Waals surface area contributed by atoms with Crippen LogP contribution in [-0.2, 0) is 21.4 Å². The lowest BCUT2D eigenvalue weighted by Crippen LogP contribution is -2.42. The zero-order valence-electron chi connectivity index (χ0n) is 13.6. The molecule has 0 N–H and O–H groups in total. The summed E-state index contributed by atoms with van der Waals surface area (Å²) in [6.45, 7) is 0.618. The van der Waals surface area contributed by atoms with E-state index in [1.807, 2.05) is 6.07 Å². The summed E-state index contributed by atoms with van der Waals surface area (Å²) in [4.78, 5) is 15.9. The summed E-state index contributed by atoms with van der Waals surface area (Å²) in [5, 5.41) is 8.83. The first-order valence-corrected chi connectivity index (χ1v) is 9.23. The third-order valence-electron chi connectivity index (χ3n) is 3.94. The van der Waals surface area contributed by atoms with Crippen molar-refractivity contribution in [1.82, 2.24) is 9.80 Å². The second-order valence-corrected chi connectivity index (χ2v) is 7.54. The monoisotopic (exact) mass is 356 g/mol. The van der Waals surface area contributed by atoms with E-state index < -0.39 is 10.0 Å². The first-order valence-electron chi connectivity index (χ1n) is 7.62. The van der Waals surface area contributed by atoms with Crippen molar-refractivity contribution in [3.05, 3.63) is 59.3 Å². The predicted molar refractivity (Wildman–Crippen MR) is 92.8 cm³/mol. The van der Waals surface area contributed by atoms with Gasteiger partial charge in [-0.25, -0.2) is 8.42 Å². The van der Waals surface area contributed by atoms with Gasteiger partial charge in [-0.05, 0) is 29.8 Å². The summed E-state index contributed by atoms with van der Waals surface area (Å²) in [5.74, 6) is -0.205. The standard InChI is InChI=1S/C17H16N4O3S/c1-20(12-14-6-4-13(11-18)5-7-14)17(22)15-3-2-8-21-9-10-25(23,24)19-16(15)21/h2-8H,9-10,12H2,1H3. The molecule has 2 aliphatic rings. The molecule has 0 aliphatic carbocycles. The number of sulfonamides is 1. The number of hydrogen-bond donors (Lipinski definition) is 0. The van der Waals surface area contributed by atoms with E-state index in [1.54, 1.807) is 54.6 Å². The molecule has 3 rings (SSSR count). The average molecular weight is 356 g/mol. The Hall–Kier alpha value is -2.92. The Labute approximate surface area is 146 Å². The van der Waals surface area contributed by atoms with Crippen LogP contribution in [0.15, 0.2) is 52.6 Å². The minimum atomic E-state index is -3.54. The molecule has 8 heteroatoms. The molecule has 0 spiro atoms. The van der Waals surface area contributed by atoms with E-state index in [4.69, 9.17) is 5.26 Å². The van der Waals surface area contributed by atoms with Crippen LogP contribution in [0.25, 0.3) is 0 Å². The van der Waals surface area contributed by atoms with Crippen molar-refractivity contribution in [2.75, 3.05) is 19.3 Å². The van der Waals surface area contributed by atoms with Crippen molar-refractivity contribution in [3.63, 3.8) is 0 Å². The molecule has 25 heavy (non-hydrogen) atoms. The van der Waals surface area contributed by atoms with Gasteiger partial charge in [-0.15, -0.1) is 4.40 Å². The van der Waals surface area contributed by atoms with Crippen LogP contribution in [0.4, 0.5) is 0 Å². The smallest absolute Gasteiger partial charge is 0.257 e. The van der Waals surface area contributed by atoms with Gasteiger partial charge in [0.05, 0.1) is 23.0 Å². The van der Waals surface area contributed by atoms with E-state index in [-0.39, 0.29) is 29.6 Å². The van der Waals surface area contributed by atoms with Crippen molar-refractivity contribution >= 4 is 21.8 Å². The van der Waals surface area contributed by atoms with Crippen LogP contribution in [-0.4, -0.2) is 49.3 Å². The van der Waals surface area contributed by atoms with Gasteiger partial charge >= 0.3 is 0 Å². The molecule has 0 bridgehead atoms. The van der Waals surface area contributed by atoms with Crippen LogP contribution < -0.4 is 0 Å². The summed E-state index contributed by atoms with van der Waals surface area (Å²) in [6, 6.07) is 8.99. The van der Waals surface area contributed by atoms with E-state index in [1.165, 1.54) is 4.90 Å². The molecule has 1 amide bonds. The third-order valence-corrected chi connectivity index (χ3v) is 5.09. The lowest BCUT2D eigenvalue weighted by atomic mass is 10.1. The topological polar surface area (TPSA) is 93.8 Å². The summed E-state index contributed by atoms with van der Waals surface area (Å²) in [6.07, 6.45) is 5.00. The lowest BCUT2D eigenvalue weighted by Gasteiger charge is -2.30. The number of nitrogens with zero attached hydrogens (tertiary/aromatic N) is 4. The number of nitriles is 1. The number of amides is 1. The van der Waals surface area contributed by atoms with Gasteiger partial charge in [0.2, 0.25) is 0 Å². The minimum Gasteiger partial charge on any atom is -0.337 e. The highest BCUT2D eigenvalue weighted by Gasteiger charge is 2.31. The normalized spacial score (nSPS) is 17.8. The fraction of sp³-hybridized carbons (Fsp3) is 0.235. The number of allylic oxidation sites excluding steroid dienone is 2. The highest BCUT2D eigenvalue weighted by atomic mass is 32.2. The SMILES string of the molecule is CN(Cc1ccc(C#N)cc1)C(=O)C1=CC=CN2CCS(=O)(=O)N=C12. The number of carbonyl (C=O) groups is 1. The van der Waals surface area contributed by atoms with Gasteiger partial charge in [0.1, 0.15) is 0 Å². The number of fused-ring (bicyclic) bond motifs is 1. The van der Waals surface area contributed by atoms with Crippen molar-refractivity contribution in [2.45, 2.75) is 6.54 Å². The number of likely N-dealkylation sites (N-methyl/N-ethyl adjacent to an activating group) is 1. The fourth-order valence-corrected chi connectivity index (χ4v) is 3.60. The zero-order valence-corrected chi connectivity index (χ0v) is 14.4. The summed E-state index contributed by atoms with van der Waals surface area (Å²) in [7, 11) is -1.90. The van der Waals surface area contributed by atoms with Gasteiger partial charge < -0.3 is 9.80 Å². The van der Waals surface area contributed by atoms with Gasteiger partial charge in [-0.3, -0.25) is 4.79 Å². The highest BCUT2D eigenvalue weighted by molar-refractivity contribution is 7.90. The van der Waals surface area contributed by atoms with Crippen LogP contribution in [0, 0.1) is 11.3 Å². The maximum Gasteiger partial charge on any atom is 0.257 e. The van der Waals surface area contributed by atoms with Crippen LogP contribution in [0.3, 0.4) is 0 Å². The molecule has 1 aromatic carbocycles. The van der Waals surface area contributed by atoms with Gasteiger partial charge in [-0.2, -0.15) is 5.26 Å². The number of carbonyl (C=O) groups excluding carboxylic acids is 1. The fourth-order valence-electron chi connectivity index (χ4n) is 2.62. The van der Waals surface area contributed by atoms with E-state index in [0.717, 1.165) is 5.56 Å². The summed E-state index contributed by atoms with van der Waals surface area (Å²) in [5.41, 5.74) is 1.68. The average Bonchev–Trinajstić information content (AvgIpc) is 2.60. The molecule has 2 aliphatic heterocycles. The predicted octanol–water partition coefficient (Wildman–Crippen LogP) is 1.01. The molecule has 0 fully saturated rings. The molecule has 0 atom stereocenters. The molecular weight excluding hydrogens is 340 g/mol. The molecule has 7 nitrogen and oxygen atoms in total. The van der Waals surface area contributed by atoms with E-state index in [9.17, 15) is 13.2 Å². The van der Waals surface area contributed by atoms with Crippen LogP contribution in [0.1, 0.15) is 11.1 Å². The Morgan fingerprint density at radius 2 is 2.08 bits per heavy atom. The first-order chi connectivity index (χ1) is 11.9. The molecule has 0 aromatic heterocycles. The van der Waals surface area contributed by atoms with Crippen LogP contribution in [0.2, 0.25) is 0 Å². The van der Waals surface area contributed by atoms with E-state index in [0.29, 0.717) is 12.1 Å². The molecule has 128 valence electrons. The third kappa shape index (κ3) is 3.61. The van der Waals surface area contributed by atoms with Crippen LogP contribution >= 0.6 is 0 Å². The van der Waals surface area contributed by atoms with Crippen molar-refractivity contribution in [3.8, 4) is 6.07 Å². The number of amidine groups is 1. The number of benzene rings is 1. The van der Waals surface area contributed by atoms with Crippen LogP contribution in [0.5, 0.6) is 0 Å². The maximum atomic E-state index is 12.8. The Bertz CT molecular complexity index is 937. The summed E-state index contributed by atoms with van der Waals surface area (Å²) >= 11 is 0. The second kappa shape index (κ2) is 6.53. The first kappa shape index (κ1) is 16.9. The van der Waals surface area contributed by atoms with E-state index in [2.05, 4.69) is 4.40 Å². The summed E-state index contributed by atoms with van der Waals surface area (Å²) < 4.78 is 27.3. The van der Waals surface area contributed by atoms with Crippen molar-refractivity contribution in [1.29, 1.82) is 5.26 Å². The largest absolute Gasteiger partial charge is 0.337 e. The molecule has 2 heterocycles. The lowest BCUT2D eigenvalue weighted by molar-refractivity contribution is -0.125. The minimum absolute atomic E-state index is 0.0661. The van der Waals surface area contributed by atoms with Crippen molar-refractivity contribution in [2.24, 2.45) is 4.40 Å². The van der Waals surface area contributed by atoms with E-state index >= 15 is 0 Å². The Balaban J connectivity index is 1.81. The zero-order chi connectivity index (χ0) is 18.0. The quantitative estimate of drug-likeness (QED) is 0.806. The van der Waals surface area contributed by atoms with Gasteiger partial charge in [0, 0.05) is 26.3 Å². The van der Waals surface area contributed by atoms with Crippen molar-refractivity contribution < 1.29 is 13.2 Å². The Morgan fingerprint density at radius 1 is 1.36 bits per heavy atom. The Kier molecular flexibility index (Phi) is 4.42. The van der Waals surface area contributed by atoms with Gasteiger partial charge in [0.15, 0.2) is 5.84 Å². The number of hydrogen-bond acceptors (Lipinski definition) is 5. The maximum absolute atomic E-state index is 12.8. The highest BCUT2D eigenvalue weighted by Crippen LogP contribution is 2.20. The molecular formula is C17H16N4O3S. The number of rotatable bonds is 3. The molecule has 0 unspecified atom stereocenters. The molecule has 0 saturated heterocycles. The Morgan fingerprint density at radius 3 is 2.76 bits per heavy atom. The molecule has 0 radical (unpaired) electrons. The molecule has 1 aromatic rings. The van der Waals surface area contributed by atoms with Gasteiger partial charge in [-0.1, -0.05) is 12.1 Å². The molecule has 0 saturated carbocycles. The second-order valence-electron chi connectivity index (χ2n) is 5.79.